The number of benzene rings is 1. The van der Waals surface area contributed by atoms with Crippen molar-refractivity contribution in [3.05, 3.63) is 46.0 Å². The molecule has 1 aliphatic heterocycles. The van der Waals surface area contributed by atoms with E-state index in [4.69, 9.17) is 16.6 Å². The topological polar surface area (TPSA) is 60.5 Å². The van der Waals surface area contributed by atoms with Gasteiger partial charge in [0.1, 0.15) is 0 Å². The maximum Gasteiger partial charge on any atom is 0.0982 e. The van der Waals surface area contributed by atoms with Gasteiger partial charge < -0.3 is 16.0 Å². The first-order valence-corrected chi connectivity index (χ1v) is 14.3. The summed E-state index contributed by atoms with van der Waals surface area (Å²) in [4.78, 5) is 4.93. The molecule has 35 heavy (non-hydrogen) atoms. The van der Waals surface area contributed by atoms with Gasteiger partial charge >= 0.3 is 0 Å². The zero-order valence-electron chi connectivity index (χ0n) is 22.3. The van der Waals surface area contributed by atoms with Crippen molar-refractivity contribution in [3.63, 3.8) is 0 Å². The number of aliphatic imine (C=N–C) groups is 1. The molecule has 1 fully saturated rings. The summed E-state index contributed by atoms with van der Waals surface area (Å²) in [6.07, 6.45) is 10.9. The van der Waals surface area contributed by atoms with Crippen LogP contribution in [-0.2, 0) is 13.1 Å². The minimum atomic E-state index is 0.130. The zero-order valence-corrected chi connectivity index (χ0v) is 23.0. The van der Waals surface area contributed by atoms with Crippen LogP contribution in [0.2, 0.25) is 0 Å². The van der Waals surface area contributed by atoms with Gasteiger partial charge in [-0.15, -0.1) is 0 Å². The molecule has 1 unspecified atom stereocenters. The van der Waals surface area contributed by atoms with Gasteiger partial charge in [0.25, 0.3) is 0 Å². The van der Waals surface area contributed by atoms with E-state index in [1.807, 2.05) is 0 Å². The average molecular weight is 502 g/mol. The summed E-state index contributed by atoms with van der Waals surface area (Å²) in [5, 5.41) is 15.5. The van der Waals surface area contributed by atoms with Crippen molar-refractivity contribution in [1.29, 1.82) is 0 Å². The van der Waals surface area contributed by atoms with Crippen LogP contribution in [-0.4, -0.2) is 37.7 Å². The third-order valence-electron chi connectivity index (χ3n) is 7.07. The van der Waals surface area contributed by atoms with Gasteiger partial charge in [-0.25, -0.2) is 0 Å². The van der Waals surface area contributed by atoms with Gasteiger partial charge in [0, 0.05) is 30.5 Å². The maximum atomic E-state index is 6.53. The molecule has 0 spiro atoms. The lowest BCUT2D eigenvalue weighted by Crippen LogP contribution is -2.47. The fourth-order valence-corrected chi connectivity index (χ4v) is 5.00. The van der Waals surface area contributed by atoms with E-state index < -0.39 is 0 Å². The van der Waals surface area contributed by atoms with E-state index in [2.05, 4.69) is 66.3 Å². The Hall–Kier alpha value is -1.40. The predicted molar refractivity (Wildman–Crippen MR) is 151 cm³/mol. The Morgan fingerprint density at radius 2 is 1.74 bits per heavy atom. The molecule has 1 aromatic rings. The molecule has 1 aliphatic carbocycles. The summed E-state index contributed by atoms with van der Waals surface area (Å²) in [5.41, 5.74) is 3.86. The van der Waals surface area contributed by atoms with E-state index in [1.165, 1.54) is 55.2 Å². The predicted octanol–water partition coefficient (Wildman–Crippen LogP) is 5.85. The van der Waals surface area contributed by atoms with E-state index in [0.717, 1.165) is 62.4 Å². The fourth-order valence-electron chi connectivity index (χ4n) is 4.75. The summed E-state index contributed by atoms with van der Waals surface area (Å²) in [6.45, 7) is 11.4. The minimum absolute atomic E-state index is 0.130. The zero-order chi connectivity index (χ0) is 24.9. The lowest BCUT2D eigenvalue weighted by atomic mass is 9.95. The van der Waals surface area contributed by atoms with Crippen molar-refractivity contribution < 1.29 is 0 Å². The number of amidine groups is 1. The van der Waals surface area contributed by atoms with Gasteiger partial charge in [0.15, 0.2) is 0 Å². The van der Waals surface area contributed by atoms with Crippen LogP contribution in [0.3, 0.4) is 0 Å². The van der Waals surface area contributed by atoms with Crippen molar-refractivity contribution in [3.8, 4) is 0 Å². The van der Waals surface area contributed by atoms with Crippen LogP contribution < -0.4 is 21.3 Å². The lowest BCUT2D eigenvalue weighted by Gasteiger charge is -2.26. The highest BCUT2D eigenvalue weighted by atomic mass is 35.5. The molecule has 1 saturated carbocycles. The van der Waals surface area contributed by atoms with Crippen molar-refractivity contribution in [2.24, 2.45) is 10.9 Å². The monoisotopic (exact) mass is 501 g/mol. The Labute approximate surface area is 219 Å². The van der Waals surface area contributed by atoms with E-state index in [-0.39, 0.29) is 6.17 Å². The first-order valence-electron chi connectivity index (χ1n) is 13.9. The SMILES string of the molecule is C/C1=C(/Cl)CC(NCC(C)C)NC(=NCc2ccc(CNCCCNC3CCCCC3)cc2)CC1. The lowest BCUT2D eigenvalue weighted by molar-refractivity contribution is 0.371. The number of nitrogens with zero attached hydrogens (tertiary/aromatic N) is 1. The second-order valence-electron chi connectivity index (χ2n) is 10.8. The van der Waals surface area contributed by atoms with E-state index in [0.29, 0.717) is 12.5 Å². The molecule has 1 aromatic carbocycles. The van der Waals surface area contributed by atoms with Crippen LogP contribution in [0.15, 0.2) is 39.9 Å². The normalized spacial score (nSPS) is 23.3. The van der Waals surface area contributed by atoms with Crippen molar-refractivity contribution in [1.82, 2.24) is 21.3 Å². The molecular formula is C29H48ClN5. The molecule has 1 atom stereocenters. The van der Waals surface area contributed by atoms with Crippen LogP contribution in [0.5, 0.6) is 0 Å². The average Bonchev–Trinajstić information content (AvgIpc) is 2.86. The molecule has 2 aliphatic rings. The number of halogens is 1. The summed E-state index contributed by atoms with van der Waals surface area (Å²) >= 11 is 6.53. The Bertz CT molecular complexity index is 796. The first kappa shape index (κ1) is 28.2. The molecule has 0 aromatic heterocycles. The molecule has 3 rings (SSSR count). The Balaban J connectivity index is 1.40. The van der Waals surface area contributed by atoms with Crippen LogP contribution in [0.25, 0.3) is 0 Å². The fraction of sp³-hybridized carbons (Fsp3) is 0.690. The first-order chi connectivity index (χ1) is 17.0. The largest absolute Gasteiger partial charge is 0.358 e. The van der Waals surface area contributed by atoms with Gasteiger partial charge in [-0.1, -0.05) is 74.5 Å². The van der Waals surface area contributed by atoms with Gasteiger partial charge in [0.2, 0.25) is 0 Å². The quantitative estimate of drug-likeness (QED) is 0.271. The van der Waals surface area contributed by atoms with Crippen LogP contribution in [0.1, 0.15) is 89.7 Å². The van der Waals surface area contributed by atoms with Crippen LogP contribution >= 0.6 is 11.6 Å². The molecule has 196 valence electrons. The van der Waals surface area contributed by atoms with E-state index in [1.54, 1.807) is 0 Å². The van der Waals surface area contributed by atoms with Gasteiger partial charge in [-0.2, -0.15) is 0 Å². The molecule has 0 saturated heterocycles. The van der Waals surface area contributed by atoms with Gasteiger partial charge in [-0.3, -0.25) is 10.3 Å². The van der Waals surface area contributed by atoms with Gasteiger partial charge in [-0.05, 0) is 69.3 Å². The summed E-state index contributed by atoms with van der Waals surface area (Å²) in [6, 6.07) is 9.65. The third-order valence-corrected chi connectivity index (χ3v) is 7.55. The number of nitrogens with one attached hydrogen (secondary N) is 4. The maximum absolute atomic E-state index is 6.53. The Morgan fingerprint density at radius 3 is 2.49 bits per heavy atom. The molecule has 5 nitrogen and oxygen atoms in total. The molecule has 0 amide bonds. The second kappa shape index (κ2) is 15.7. The standard InChI is InChI=1S/C29H48ClN5/c1-22(2)19-33-29-18-27(30)23(3)10-15-28(35-29)34-21-25-13-11-24(12-14-25)20-31-16-7-17-32-26-8-5-4-6-9-26/h11-14,22,26,29,31-33H,4-10,15-21H2,1-3H3,(H,34,35)/b27-23-. The molecule has 4 N–H and O–H groups in total. The highest BCUT2D eigenvalue weighted by molar-refractivity contribution is 6.30. The Morgan fingerprint density at radius 1 is 1.00 bits per heavy atom. The summed E-state index contributed by atoms with van der Waals surface area (Å²) in [7, 11) is 0. The molecule has 1 heterocycles. The highest BCUT2D eigenvalue weighted by Gasteiger charge is 2.17. The third kappa shape index (κ3) is 11.0. The summed E-state index contributed by atoms with van der Waals surface area (Å²) < 4.78 is 0. The Kier molecular flexibility index (Phi) is 12.6. The summed E-state index contributed by atoms with van der Waals surface area (Å²) in [5.74, 6) is 1.67. The number of allylic oxidation sites excluding steroid dienone is 1. The number of hydrogen-bond acceptors (Lipinski definition) is 4. The minimum Gasteiger partial charge on any atom is -0.358 e. The van der Waals surface area contributed by atoms with Crippen LogP contribution in [0, 0.1) is 5.92 Å². The van der Waals surface area contributed by atoms with Crippen molar-refractivity contribution in [2.45, 2.75) is 104 Å². The highest BCUT2D eigenvalue weighted by Crippen LogP contribution is 2.22. The van der Waals surface area contributed by atoms with E-state index in [9.17, 15) is 0 Å². The van der Waals surface area contributed by atoms with E-state index >= 15 is 0 Å². The number of rotatable bonds is 12. The second-order valence-corrected chi connectivity index (χ2v) is 11.2. The molecule has 6 heteroatoms. The number of hydrogen-bond donors (Lipinski definition) is 4. The van der Waals surface area contributed by atoms with Crippen molar-refractivity contribution >= 4 is 17.4 Å². The van der Waals surface area contributed by atoms with Crippen LogP contribution in [0.4, 0.5) is 0 Å². The van der Waals surface area contributed by atoms with Crippen molar-refractivity contribution in [2.75, 3.05) is 19.6 Å². The molecular weight excluding hydrogens is 454 g/mol. The smallest absolute Gasteiger partial charge is 0.0982 e. The molecule has 0 bridgehead atoms. The van der Waals surface area contributed by atoms with Gasteiger partial charge in [0.05, 0.1) is 18.5 Å². The molecule has 0 radical (unpaired) electrons.